The Bertz CT molecular complexity index is 570. The highest BCUT2D eigenvalue weighted by Crippen LogP contribution is 2.29. The third-order valence-electron chi connectivity index (χ3n) is 2.69. The molecule has 0 spiro atoms. The summed E-state index contributed by atoms with van der Waals surface area (Å²) in [7, 11) is 1.83. The van der Waals surface area contributed by atoms with Gasteiger partial charge in [0.15, 0.2) is 0 Å². The first-order valence-electron chi connectivity index (χ1n) is 5.36. The van der Waals surface area contributed by atoms with Gasteiger partial charge in [0, 0.05) is 25.1 Å². The van der Waals surface area contributed by atoms with Crippen molar-refractivity contribution in [3.05, 3.63) is 48.3 Å². The summed E-state index contributed by atoms with van der Waals surface area (Å²) in [4.78, 5) is 16.7. The predicted molar refractivity (Wildman–Crippen MR) is 70.1 cm³/mol. The Morgan fingerprint density at radius 1 is 1.28 bits per heavy atom. The molecule has 5 heteroatoms. The second-order valence-corrected chi connectivity index (χ2v) is 3.84. The summed E-state index contributed by atoms with van der Waals surface area (Å²) in [6.07, 6.45) is 3.34. The Kier molecular flexibility index (Phi) is 3.14. The van der Waals surface area contributed by atoms with Gasteiger partial charge in [0.2, 0.25) is 0 Å². The Morgan fingerprint density at radius 3 is 2.56 bits per heavy atom. The molecule has 0 aliphatic carbocycles. The molecule has 0 saturated heterocycles. The van der Waals surface area contributed by atoms with E-state index < -0.39 is 5.97 Å². The van der Waals surface area contributed by atoms with Crippen LogP contribution in [0.3, 0.4) is 0 Å². The lowest BCUT2D eigenvalue weighted by Gasteiger charge is -2.21. The SMILES string of the molecule is CN(c1ccncc1)c1cc(C(=O)O)ccc1N. The molecule has 3 N–H and O–H groups in total. The number of aromatic nitrogens is 1. The summed E-state index contributed by atoms with van der Waals surface area (Å²) in [5, 5.41) is 8.98. The van der Waals surface area contributed by atoms with Gasteiger partial charge < -0.3 is 15.7 Å². The maximum Gasteiger partial charge on any atom is 0.335 e. The van der Waals surface area contributed by atoms with Crippen LogP contribution in [0.15, 0.2) is 42.7 Å². The van der Waals surface area contributed by atoms with Crippen LogP contribution in [-0.2, 0) is 0 Å². The van der Waals surface area contributed by atoms with Crippen LogP contribution in [0.4, 0.5) is 17.1 Å². The number of hydrogen-bond acceptors (Lipinski definition) is 4. The molecule has 1 aromatic carbocycles. The summed E-state index contributed by atoms with van der Waals surface area (Å²) >= 11 is 0. The van der Waals surface area contributed by atoms with Gasteiger partial charge in [-0.15, -0.1) is 0 Å². The number of rotatable bonds is 3. The van der Waals surface area contributed by atoms with Crippen molar-refractivity contribution in [2.75, 3.05) is 17.7 Å². The molecule has 0 amide bonds. The highest BCUT2D eigenvalue weighted by Gasteiger charge is 2.11. The number of anilines is 3. The number of nitrogens with zero attached hydrogens (tertiary/aromatic N) is 2. The smallest absolute Gasteiger partial charge is 0.335 e. The van der Waals surface area contributed by atoms with Crippen molar-refractivity contribution in [3.8, 4) is 0 Å². The van der Waals surface area contributed by atoms with Gasteiger partial charge >= 0.3 is 5.97 Å². The van der Waals surface area contributed by atoms with Crippen molar-refractivity contribution >= 4 is 23.0 Å². The number of nitrogen functional groups attached to an aromatic ring is 1. The molecule has 2 rings (SSSR count). The predicted octanol–water partition coefficient (Wildman–Crippen LogP) is 2.13. The minimum absolute atomic E-state index is 0.208. The normalized spacial score (nSPS) is 10.1. The first-order chi connectivity index (χ1) is 8.59. The van der Waals surface area contributed by atoms with Crippen LogP contribution >= 0.6 is 0 Å². The summed E-state index contributed by atoms with van der Waals surface area (Å²) in [5.74, 6) is -0.973. The van der Waals surface area contributed by atoms with Crippen LogP contribution < -0.4 is 10.6 Å². The quantitative estimate of drug-likeness (QED) is 0.807. The molecule has 2 aromatic rings. The lowest BCUT2D eigenvalue weighted by Crippen LogP contribution is -2.12. The Labute approximate surface area is 104 Å². The lowest BCUT2D eigenvalue weighted by atomic mass is 10.1. The number of carbonyl (C=O) groups is 1. The molecule has 0 aliphatic rings. The second-order valence-electron chi connectivity index (χ2n) is 3.84. The van der Waals surface area contributed by atoms with E-state index in [1.54, 1.807) is 24.5 Å². The summed E-state index contributed by atoms with van der Waals surface area (Å²) in [6.45, 7) is 0. The van der Waals surface area contributed by atoms with Gasteiger partial charge in [-0.3, -0.25) is 4.98 Å². The molecule has 0 atom stereocenters. The third-order valence-corrected chi connectivity index (χ3v) is 2.69. The maximum atomic E-state index is 11.0. The molecule has 1 aromatic heterocycles. The Hall–Kier alpha value is -2.56. The van der Waals surface area contributed by atoms with Crippen LogP contribution in [0, 0.1) is 0 Å². The Balaban J connectivity index is 2.44. The van der Waals surface area contributed by atoms with E-state index in [-0.39, 0.29) is 5.56 Å². The van der Waals surface area contributed by atoms with Crippen LogP contribution in [0.25, 0.3) is 0 Å². The Morgan fingerprint density at radius 2 is 1.94 bits per heavy atom. The van der Waals surface area contributed by atoms with E-state index in [4.69, 9.17) is 10.8 Å². The maximum absolute atomic E-state index is 11.0. The zero-order valence-electron chi connectivity index (χ0n) is 9.87. The zero-order valence-corrected chi connectivity index (χ0v) is 9.87. The molecule has 0 aliphatic heterocycles. The van der Waals surface area contributed by atoms with Crippen LogP contribution in [0.1, 0.15) is 10.4 Å². The van der Waals surface area contributed by atoms with Gasteiger partial charge in [0.05, 0.1) is 16.9 Å². The largest absolute Gasteiger partial charge is 0.478 e. The van der Waals surface area contributed by atoms with Gasteiger partial charge in [-0.25, -0.2) is 4.79 Å². The average Bonchev–Trinajstić information content (AvgIpc) is 2.39. The van der Waals surface area contributed by atoms with E-state index >= 15 is 0 Å². The first-order valence-corrected chi connectivity index (χ1v) is 5.36. The number of carboxylic acids is 1. The third kappa shape index (κ3) is 2.24. The highest BCUT2D eigenvalue weighted by molar-refractivity contribution is 5.91. The van der Waals surface area contributed by atoms with E-state index in [0.29, 0.717) is 11.4 Å². The van der Waals surface area contributed by atoms with Crippen molar-refractivity contribution in [1.29, 1.82) is 0 Å². The summed E-state index contributed by atoms with van der Waals surface area (Å²) < 4.78 is 0. The fourth-order valence-electron chi connectivity index (χ4n) is 1.67. The summed E-state index contributed by atoms with van der Waals surface area (Å²) in [5.41, 5.74) is 8.16. The van der Waals surface area contributed by atoms with E-state index in [2.05, 4.69) is 4.98 Å². The monoisotopic (exact) mass is 243 g/mol. The molecule has 1 heterocycles. The minimum atomic E-state index is -0.973. The number of carboxylic acid groups (broad SMARTS) is 1. The first kappa shape index (κ1) is 11.9. The standard InChI is InChI=1S/C13H13N3O2/c1-16(10-4-6-15-7-5-10)12-8-9(13(17)18)2-3-11(12)14/h2-8H,14H2,1H3,(H,17,18). The van der Waals surface area contributed by atoms with Crippen molar-refractivity contribution in [2.24, 2.45) is 0 Å². The van der Waals surface area contributed by atoms with Gasteiger partial charge in [0.1, 0.15) is 0 Å². The van der Waals surface area contributed by atoms with E-state index in [1.807, 2.05) is 24.1 Å². The molecule has 92 valence electrons. The fraction of sp³-hybridized carbons (Fsp3) is 0.0769. The van der Waals surface area contributed by atoms with E-state index in [9.17, 15) is 4.79 Å². The number of aromatic carboxylic acids is 1. The fourth-order valence-corrected chi connectivity index (χ4v) is 1.67. The number of pyridine rings is 1. The minimum Gasteiger partial charge on any atom is -0.478 e. The van der Waals surface area contributed by atoms with Gasteiger partial charge in [0.25, 0.3) is 0 Å². The molecule has 5 nitrogen and oxygen atoms in total. The van der Waals surface area contributed by atoms with E-state index in [0.717, 1.165) is 5.69 Å². The van der Waals surface area contributed by atoms with Crippen molar-refractivity contribution in [3.63, 3.8) is 0 Å². The lowest BCUT2D eigenvalue weighted by molar-refractivity contribution is 0.0697. The van der Waals surface area contributed by atoms with Crippen LogP contribution in [0.5, 0.6) is 0 Å². The van der Waals surface area contributed by atoms with Crippen LogP contribution in [0.2, 0.25) is 0 Å². The molecular formula is C13H13N3O2. The second kappa shape index (κ2) is 4.75. The molecule has 0 unspecified atom stereocenters. The molecule has 0 bridgehead atoms. The zero-order chi connectivity index (χ0) is 13.1. The molecule has 0 radical (unpaired) electrons. The van der Waals surface area contributed by atoms with Crippen LogP contribution in [-0.4, -0.2) is 23.1 Å². The van der Waals surface area contributed by atoms with Gasteiger partial charge in [-0.2, -0.15) is 0 Å². The highest BCUT2D eigenvalue weighted by atomic mass is 16.4. The van der Waals surface area contributed by atoms with Crippen molar-refractivity contribution in [1.82, 2.24) is 4.98 Å². The average molecular weight is 243 g/mol. The van der Waals surface area contributed by atoms with Crippen molar-refractivity contribution < 1.29 is 9.90 Å². The number of nitrogens with two attached hydrogens (primary N) is 1. The number of hydrogen-bond donors (Lipinski definition) is 2. The molecule has 0 fully saturated rings. The molecule has 18 heavy (non-hydrogen) atoms. The number of benzene rings is 1. The van der Waals surface area contributed by atoms with E-state index in [1.165, 1.54) is 6.07 Å². The topological polar surface area (TPSA) is 79.5 Å². The molecular weight excluding hydrogens is 230 g/mol. The van der Waals surface area contributed by atoms with Crippen molar-refractivity contribution in [2.45, 2.75) is 0 Å². The summed E-state index contributed by atoms with van der Waals surface area (Å²) in [6, 6.07) is 8.29. The molecule has 0 saturated carbocycles. The van der Waals surface area contributed by atoms with Gasteiger partial charge in [-0.1, -0.05) is 0 Å². The van der Waals surface area contributed by atoms with Gasteiger partial charge in [-0.05, 0) is 30.3 Å².